The monoisotopic (exact) mass is 862 g/mol. The molecule has 0 radical (unpaired) electrons. The third-order valence-corrected chi connectivity index (χ3v) is 10.4. The van der Waals surface area contributed by atoms with Crippen LogP contribution in [0.4, 0.5) is 0 Å². The lowest BCUT2D eigenvalue weighted by Gasteiger charge is -2.20. The van der Waals surface area contributed by atoms with Crippen molar-refractivity contribution in [2.24, 2.45) is 5.73 Å². The van der Waals surface area contributed by atoms with Crippen molar-refractivity contribution < 1.29 is 42.7 Å². The van der Waals surface area contributed by atoms with Gasteiger partial charge < -0.3 is 25.2 Å². The molecule has 0 heterocycles. The maximum Gasteiger partial charge on any atom is 0.472 e. The van der Waals surface area contributed by atoms with Gasteiger partial charge in [0.05, 0.1) is 19.8 Å². The molecule has 4 N–H and O–H groups in total. The molecule has 0 fully saturated rings. The summed E-state index contributed by atoms with van der Waals surface area (Å²) < 4.78 is 33.4. The lowest BCUT2D eigenvalue weighted by atomic mass is 10.1. The highest BCUT2D eigenvalue weighted by atomic mass is 31.2. The number of carboxylic acids is 1. The highest BCUT2D eigenvalue weighted by Crippen LogP contribution is 2.43. The number of aliphatic carboxylic acids is 1. The van der Waals surface area contributed by atoms with Crippen molar-refractivity contribution in [2.45, 2.75) is 187 Å². The molecule has 0 aliphatic rings. The molecule has 60 heavy (non-hydrogen) atoms. The summed E-state index contributed by atoms with van der Waals surface area (Å²) in [5.41, 5.74) is 5.36. The van der Waals surface area contributed by atoms with E-state index >= 15 is 0 Å². The van der Waals surface area contributed by atoms with Gasteiger partial charge in [0, 0.05) is 13.0 Å². The Kier molecular flexibility index (Phi) is 42.1. The van der Waals surface area contributed by atoms with Crippen molar-refractivity contribution in [3.8, 4) is 0 Å². The van der Waals surface area contributed by atoms with Crippen LogP contribution in [0.1, 0.15) is 174 Å². The van der Waals surface area contributed by atoms with Crippen molar-refractivity contribution in [1.82, 2.24) is 0 Å². The van der Waals surface area contributed by atoms with Crippen LogP contribution >= 0.6 is 7.82 Å². The summed E-state index contributed by atoms with van der Waals surface area (Å²) in [6.45, 7) is 3.68. The number of phosphoric acid groups is 1. The predicted molar refractivity (Wildman–Crippen MR) is 249 cm³/mol. The fraction of sp³-hybridized carbons (Fsp3) is 0.673. The molecular formula is C49H84NO9P. The SMILES string of the molecule is CC/C=C\C/C=C\C/C=C\C/C=C\C/C=C\C/C=C\CCCCCCCOCC(COP(=O)(O)OCC(N)C(=O)O)OC(=O)CCCCCCC/C=C\CCCCCCC. The van der Waals surface area contributed by atoms with Gasteiger partial charge in [-0.2, -0.15) is 0 Å². The van der Waals surface area contributed by atoms with Crippen molar-refractivity contribution in [2.75, 3.05) is 26.4 Å². The minimum atomic E-state index is -4.63. The van der Waals surface area contributed by atoms with Gasteiger partial charge in [-0.3, -0.25) is 18.6 Å². The van der Waals surface area contributed by atoms with Gasteiger partial charge >= 0.3 is 19.8 Å². The second-order valence-corrected chi connectivity index (χ2v) is 16.6. The maximum absolute atomic E-state index is 12.6. The Hall–Kier alpha value is -2.85. The van der Waals surface area contributed by atoms with Crippen LogP contribution in [0.5, 0.6) is 0 Å². The molecule has 11 heteroatoms. The van der Waals surface area contributed by atoms with Crippen molar-refractivity contribution in [3.63, 3.8) is 0 Å². The van der Waals surface area contributed by atoms with Gasteiger partial charge in [0.25, 0.3) is 0 Å². The van der Waals surface area contributed by atoms with Gasteiger partial charge in [0.1, 0.15) is 12.1 Å². The molecule has 0 aromatic carbocycles. The zero-order valence-electron chi connectivity index (χ0n) is 37.5. The molecule has 3 atom stereocenters. The van der Waals surface area contributed by atoms with E-state index in [0.29, 0.717) is 13.0 Å². The summed E-state index contributed by atoms with van der Waals surface area (Å²) in [5, 5.41) is 8.90. The van der Waals surface area contributed by atoms with Crippen LogP contribution in [-0.2, 0) is 32.7 Å². The standard InChI is InChI=1S/C49H84NO9P/c1-3-5-7-9-11-13-15-17-19-20-21-22-23-24-25-26-27-28-30-32-34-36-38-40-42-56-43-46(44-57-60(54,55)58-45-47(50)49(52)53)59-48(51)41-39-37-35-33-31-29-18-16-14-12-10-8-6-4-2/h5,7,11,13,16-19,21-22,24-25,27-28,46-47H,3-4,6,8-10,12,14-15,20,23,26,29-45,50H2,1-2H3,(H,52,53)(H,54,55)/b7-5-,13-11-,18-16-,19-17-,22-21-,25-24-,28-27-. The summed E-state index contributed by atoms with van der Waals surface area (Å²) in [6, 6.07) is -1.48. The maximum atomic E-state index is 12.6. The van der Waals surface area contributed by atoms with E-state index in [-0.39, 0.29) is 13.0 Å². The number of nitrogens with two attached hydrogens (primary N) is 1. The van der Waals surface area contributed by atoms with Crippen molar-refractivity contribution in [1.29, 1.82) is 0 Å². The number of esters is 1. The van der Waals surface area contributed by atoms with E-state index in [0.717, 1.165) is 116 Å². The zero-order valence-corrected chi connectivity index (χ0v) is 38.4. The van der Waals surface area contributed by atoms with Crippen LogP contribution in [0, 0.1) is 0 Å². The quantitative estimate of drug-likeness (QED) is 0.0233. The van der Waals surface area contributed by atoms with Crippen LogP contribution in [0.15, 0.2) is 85.1 Å². The van der Waals surface area contributed by atoms with Crippen LogP contribution in [-0.4, -0.2) is 60.5 Å². The van der Waals surface area contributed by atoms with Gasteiger partial charge in [0.15, 0.2) is 0 Å². The lowest BCUT2D eigenvalue weighted by molar-refractivity contribution is -0.154. The second-order valence-electron chi connectivity index (χ2n) is 15.1. The summed E-state index contributed by atoms with van der Waals surface area (Å²) in [6.07, 6.45) is 56.4. The van der Waals surface area contributed by atoms with E-state index in [2.05, 4.69) is 98.9 Å². The second kappa shape index (κ2) is 44.2. The van der Waals surface area contributed by atoms with Crippen LogP contribution in [0.2, 0.25) is 0 Å². The van der Waals surface area contributed by atoms with Crippen molar-refractivity contribution in [3.05, 3.63) is 85.1 Å². The third-order valence-electron chi connectivity index (χ3n) is 9.41. The number of carbonyl (C=O) groups excluding carboxylic acids is 1. The summed E-state index contributed by atoms with van der Waals surface area (Å²) in [4.78, 5) is 33.6. The molecule has 0 aromatic heterocycles. The van der Waals surface area contributed by atoms with Gasteiger partial charge in [-0.1, -0.05) is 163 Å². The number of ether oxygens (including phenoxy) is 2. The van der Waals surface area contributed by atoms with E-state index in [1.54, 1.807) is 0 Å². The molecule has 10 nitrogen and oxygen atoms in total. The number of rotatable bonds is 43. The largest absolute Gasteiger partial charge is 0.480 e. The highest BCUT2D eigenvalue weighted by molar-refractivity contribution is 7.47. The molecule has 0 saturated carbocycles. The fourth-order valence-electron chi connectivity index (χ4n) is 5.84. The Bertz CT molecular complexity index is 1270. The molecule has 3 unspecified atom stereocenters. The summed E-state index contributed by atoms with van der Waals surface area (Å²) in [5.74, 6) is -1.80. The van der Waals surface area contributed by atoms with Crippen LogP contribution < -0.4 is 5.73 Å². The number of hydrogen-bond donors (Lipinski definition) is 3. The topological polar surface area (TPSA) is 155 Å². The first kappa shape index (κ1) is 57.1. The van der Waals surface area contributed by atoms with Crippen LogP contribution in [0.3, 0.4) is 0 Å². The molecular weight excluding hydrogens is 778 g/mol. The number of unbranched alkanes of at least 4 members (excludes halogenated alkanes) is 15. The van der Waals surface area contributed by atoms with Crippen LogP contribution in [0.25, 0.3) is 0 Å². The first-order chi connectivity index (χ1) is 29.2. The number of carboxylic acid groups (broad SMARTS) is 1. The average Bonchev–Trinajstić information content (AvgIpc) is 3.23. The summed E-state index contributed by atoms with van der Waals surface area (Å²) in [7, 11) is -4.63. The van der Waals surface area contributed by atoms with E-state index in [1.807, 2.05) is 0 Å². The molecule has 0 rings (SSSR count). The smallest absolute Gasteiger partial charge is 0.472 e. The predicted octanol–water partition coefficient (Wildman–Crippen LogP) is 13.1. The first-order valence-corrected chi connectivity index (χ1v) is 24.6. The minimum absolute atomic E-state index is 0.00464. The number of allylic oxidation sites excluding steroid dienone is 14. The van der Waals surface area contributed by atoms with E-state index in [4.69, 9.17) is 29.4 Å². The summed E-state index contributed by atoms with van der Waals surface area (Å²) >= 11 is 0. The lowest BCUT2D eigenvalue weighted by Crippen LogP contribution is -2.34. The third kappa shape index (κ3) is 43.2. The Morgan fingerprint density at radius 1 is 0.550 bits per heavy atom. The fourth-order valence-corrected chi connectivity index (χ4v) is 6.61. The zero-order chi connectivity index (χ0) is 44.0. The normalized spacial score (nSPS) is 14.6. The minimum Gasteiger partial charge on any atom is -0.480 e. The van der Waals surface area contributed by atoms with Gasteiger partial charge in [-0.05, 0) is 89.9 Å². The number of phosphoric ester groups is 1. The van der Waals surface area contributed by atoms with E-state index < -0.39 is 45.1 Å². The Morgan fingerprint density at radius 3 is 1.47 bits per heavy atom. The molecule has 0 amide bonds. The Balaban J connectivity index is 4.26. The molecule has 0 bridgehead atoms. The average molecular weight is 862 g/mol. The number of hydrogen-bond acceptors (Lipinski definition) is 8. The van der Waals surface area contributed by atoms with E-state index in [9.17, 15) is 19.0 Å². The van der Waals surface area contributed by atoms with E-state index in [1.165, 1.54) is 32.1 Å². The molecule has 0 aliphatic heterocycles. The van der Waals surface area contributed by atoms with Gasteiger partial charge in [-0.25, -0.2) is 4.57 Å². The Morgan fingerprint density at radius 2 is 0.967 bits per heavy atom. The molecule has 0 spiro atoms. The highest BCUT2D eigenvalue weighted by Gasteiger charge is 2.27. The number of carbonyl (C=O) groups is 2. The van der Waals surface area contributed by atoms with Gasteiger partial charge in [0.2, 0.25) is 0 Å². The van der Waals surface area contributed by atoms with Gasteiger partial charge in [-0.15, -0.1) is 0 Å². The molecule has 0 saturated heterocycles. The van der Waals surface area contributed by atoms with Crippen molar-refractivity contribution >= 4 is 19.8 Å². The first-order valence-electron chi connectivity index (χ1n) is 23.1. The molecule has 344 valence electrons. The molecule has 0 aliphatic carbocycles. The molecule has 0 aromatic rings. The Labute approximate surface area is 365 Å².